The van der Waals surface area contributed by atoms with Crippen molar-refractivity contribution in [1.29, 1.82) is 5.26 Å². The van der Waals surface area contributed by atoms with E-state index < -0.39 is 28.5 Å². The summed E-state index contributed by atoms with van der Waals surface area (Å²) in [4.78, 5) is 11.2. The van der Waals surface area contributed by atoms with E-state index in [1.54, 1.807) is 13.0 Å². The number of methoxy groups -OCH3 is 1. The van der Waals surface area contributed by atoms with Gasteiger partial charge in [0.15, 0.2) is 0 Å². The minimum absolute atomic E-state index is 0.0736. The molecule has 0 heterocycles. The van der Waals surface area contributed by atoms with Crippen LogP contribution in [0.25, 0.3) is 0 Å². The van der Waals surface area contributed by atoms with Crippen molar-refractivity contribution in [2.75, 3.05) is 12.9 Å². The predicted molar refractivity (Wildman–Crippen MR) is 69.0 cm³/mol. The molecule has 0 saturated carbocycles. The van der Waals surface area contributed by atoms with Crippen LogP contribution < -0.4 is 0 Å². The van der Waals surface area contributed by atoms with Crippen molar-refractivity contribution in [2.24, 2.45) is 5.92 Å². The fourth-order valence-corrected chi connectivity index (χ4v) is 2.90. The molecule has 0 aliphatic rings. The van der Waals surface area contributed by atoms with Crippen LogP contribution in [0, 0.1) is 23.1 Å². The molecule has 6 heteroatoms. The van der Waals surface area contributed by atoms with E-state index >= 15 is 0 Å². The molecule has 1 aromatic rings. The van der Waals surface area contributed by atoms with Crippen LogP contribution in [0.5, 0.6) is 0 Å². The molecule has 2 unspecified atom stereocenters. The second kappa shape index (κ2) is 7.00. The maximum atomic E-state index is 13.1. The number of esters is 1. The number of benzene rings is 1. The van der Waals surface area contributed by atoms with Gasteiger partial charge in [0, 0.05) is 22.3 Å². The van der Waals surface area contributed by atoms with Gasteiger partial charge in [-0.2, -0.15) is 5.26 Å². The molecule has 0 aliphatic heterocycles. The minimum atomic E-state index is -1.27. The third-order valence-electron chi connectivity index (χ3n) is 2.52. The predicted octanol–water partition coefficient (Wildman–Crippen LogP) is 1.76. The molecule has 0 fully saturated rings. The van der Waals surface area contributed by atoms with Crippen LogP contribution in [-0.4, -0.2) is 23.0 Å². The summed E-state index contributed by atoms with van der Waals surface area (Å²) in [6.45, 7) is 1.63. The first-order valence-electron chi connectivity index (χ1n) is 5.59. The summed E-state index contributed by atoms with van der Waals surface area (Å²) >= 11 is 0. The van der Waals surface area contributed by atoms with Gasteiger partial charge in [-0.3, -0.25) is 9.00 Å². The first-order chi connectivity index (χ1) is 8.97. The molecule has 0 aromatic heterocycles. The highest BCUT2D eigenvalue weighted by Crippen LogP contribution is 2.12. The van der Waals surface area contributed by atoms with Crippen molar-refractivity contribution in [3.05, 3.63) is 35.1 Å². The van der Waals surface area contributed by atoms with Crippen LogP contribution in [0.3, 0.4) is 0 Å². The summed E-state index contributed by atoms with van der Waals surface area (Å²) in [5.74, 6) is -1.12. The molecule has 102 valence electrons. The van der Waals surface area contributed by atoms with Gasteiger partial charge in [-0.05, 0) is 17.7 Å². The van der Waals surface area contributed by atoms with Gasteiger partial charge in [-0.15, -0.1) is 0 Å². The summed E-state index contributed by atoms with van der Waals surface area (Å²) < 4.78 is 29.5. The molecule has 0 bridgehead atoms. The van der Waals surface area contributed by atoms with Gasteiger partial charge in [0.25, 0.3) is 0 Å². The van der Waals surface area contributed by atoms with Crippen LogP contribution in [0.2, 0.25) is 0 Å². The highest BCUT2D eigenvalue weighted by atomic mass is 32.2. The zero-order valence-corrected chi connectivity index (χ0v) is 11.5. The molecule has 19 heavy (non-hydrogen) atoms. The molecule has 0 N–H and O–H groups in total. The van der Waals surface area contributed by atoms with Gasteiger partial charge in [0.1, 0.15) is 11.9 Å². The first-order valence-corrected chi connectivity index (χ1v) is 7.08. The van der Waals surface area contributed by atoms with Crippen LogP contribution in [0.4, 0.5) is 4.39 Å². The second-order valence-corrected chi connectivity index (χ2v) is 5.60. The van der Waals surface area contributed by atoms with Gasteiger partial charge in [-0.1, -0.05) is 13.0 Å². The summed E-state index contributed by atoms with van der Waals surface area (Å²) in [7, 11) is 0.00586. The number of nitrogens with zero attached hydrogens (tertiary/aromatic N) is 1. The molecule has 1 aromatic carbocycles. The fourth-order valence-electron chi connectivity index (χ4n) is 1.54. The maximum absolute atomic E-state index is 13.1. The Labute approximate surface area is 113 Å². The molecule has 1 rings (SSSR count). The molecule has 0 aliphatic carbocycles. The highest BCUT2D eigenvalue weighted by Gasteiger charge is 2.17. The number of carbonyl (C=O) groups is 1. The van der Waals surface area contributed by atoms with E-state index in [4.69, 9.17) is 5.26 Å². The normalized spacial score (nSPS) is 13.4. The van der Waals surface area contributed by atoms with Crippen LogP contribution in [0.1, 0.15) is 18.1 Å². The Hall–Kier alpha value is -1.74. The van der Waals surface area contributed by atoms with Crippen molar-refractivity contribution in [3.63, 3.8) is 0 Å². The largest absolute Gasteiger partial charge is 0.469 e. The summed E-state index contributed by atoms with van der Waals surface area (Å²) in [6, 6.07) is 5.76. The van der Waals surface area contributed by atoms with E-state index in [1.807, 2.05) is 0 Å². The number of hydrogen-bond acceptors (Lipinski definition) is 4. The second-order valence-electron chi connectivity index (χ2n) is 4.10. The molecule has 0 saturated heterocycles. The molecule has 2 atom stereocenters. The quantitative estimate of drug-likeness (QED) is 0.772. The van der Waals surface area contributed by atoms with Crippen LogP contribution in [0.15, 0.2) is 18.2 Å². The Bertz CT molecular complexity index is 539. The van der Waals surface area contributed by atoms with Gasteiger partial charge in [-0.25, -0.2) is 4.39 Å². The van der Waals surface area contributed by atoms with Crippen molar-refractivity contribution in [1.82, 2.24) is 0 Å². The topological polar surface area (TPSA) is 67.2 Å². The van der Waals surface area contributed by atoms with Gasteiger partial charge in [0.2, 0.25) is 0 Å². The summed E-state index contributed by atoms with van der Waals surface area (Å²) in [6.07, 6.45) is 0. The van der Waals surface area contributed by atoms with E-state index in [9.17, 15) is 13.4 Å². The molecule has 0 spiro atoms. The zero-order chi connectivity index (χ0) is 14.4. The Kier molecular flexibility index (Phi) is 5.64. The minimum Gasteiger partial charge on any atom is -0.469 e. The van der Waals surface area contributed by atoms with Crippen molar-refractivity contribution < 1.29 is 18.1 Å². The number of ether oxygens (including phenoxy) is 1. The molecule has 0 radical (unpaired) electrons. The lowest BCUT2D eigenvalue weighted by Crippen LogP contribution is -2.20. The Morgan fingerprint density at radius 2 is 2.26 bits per heavy atom. The fraction of sp³-hybridized carbons (Fsp3) is 0.385. The van der Waals surface area contributed by atoms with Gasteiger partial charge >= 0.3 is 5.97 Å². The standard InChI is InChI=1S/C13H14FNO3S/c1-9(13(16)18-2)7-19(17)8-10-3-4-12(14)11(5-10)6-15/h3-5,9H,7-8H2,1-2H3. The summed E-state index contributed by atoms with van der Waals surface area (Å²) in [5.41, 5.74) is 0.531. The number of nitriles is 1. The van der Waals surface area contributed by atoms with E-state index in [2.05, 4.69) is 4.74 Å². The molecular weight excluding hydrogens is 269 g/mol. The lowest BCUT2D eigenvalue weighted by molar-refractivity contribution is -0.144. The third-order valence-corrected chi connectivity index (χ3v) is 4.05. The number of halogens is 1. The molecule has 4 nitrogen and oxygen atoms in total. The highest BCUT2D eigenvalue weighted by molar-refractivity contribution is 7.84. The van der Waals surface area contributed by atoms with Crippen LogP contribution >= 0.6 is 0 Å². The summed E-state index contributed by atoms with van der Waals surface area (Å²) in [5, 5.41) is 8.70. The van der Waals surface area contributed by atoms with E-state index in [0.717, 1.165) is 0 Å². The Morgan fingerprint density at radius 1 is 1.58 bits per heavy atom. The van der Waals surface area contributed by atoms with Crippen molar-refractivity contribution in [3.8, 4) is 6.07 Å². The number of rotatable bonds is 5. The van der Waals surface area contributed by atoms with E-state index in [1.165, 1.54) is 25.3 Å². The third kappa shape index (κ3) is 4.45. The number of carbonyl (C=O) groups excluding carboxylic acids is 1. The zero-order valence-electron chi connectivity index (χ0n) is 10.7. The average molecular weight is 283 g/mol. The first kappa shape index (κ1) is 15.3. The van der Waals surface area contributed by atoms with Gasteiger partial charge < -0.3 is 4.74 Å². The maximum Gasteiger partial charge on any atom is 0.309 e. The molecule has 0 amide bonds. The monoisotopic (exact) mass is 283 g/mol. The van der Waals surface area contributed by atoms with E-state index in [0.29, 0.717) is 5.56 Å². The molecular formula is C13H14FNO3S. The SMILES string of the molecule is COC(=O)C(C)CS(=O)Cc1ccc(F)c(C#N)c1. The van der Waals surface area contributed by atoms with Crippen molar-refractivity contribution in [2.45, 2.75) is 12.7 Å². The lowest BCUT2D eigenvalue weighted by Gasteiger charge is -2.09. The van der Waals surface area contributed by atoms with Crippen LogP contribution in [-0.2, 0) is 26.1 Å². The van der Waals surface area contributed by atoms with Crippen molar-refractivity contribution >= 4 is 16.8 Å². The van der Waals surface area contributed by atoms with Gasteiger partial charge in [0.05, 0.1) is 18.6 Å². The van der Waals surface area contributed by atoms with E-state index in [-0.39, 0.29) is 17.1 Å². The number of hydrogen-bond donors (Lipinski definition) is 0. The average Bonchev–Trinajstić information content (AvgIpc) is 2.39. The Morgan fingerprint density at radius 3 is 2.84 bits per heavy atom. The Balaban J connectivity index is 2.68. The smallest absolute Gasteiger partial charge is 0.309 e. The lowest BCUT2D eigenvalue weighted by atomic mass is 10.1.